The van der Waals surface area contributed by atoms with Gasteiger partial charge in [-0.05, 0) is 30.5 Å². The molecule has 1 fully saturated rings. The molecule has 1 N–H and O–H groups in total. The van der Waals surface area contributed by atoms with Gasteiger partial charge in [-0.25, -0.2) is 13.2 Å². The molecule has 0 aromatic heterocycles. The number of hydrogen-bond acceptors (Lipinski definition) is 3. The summed E-state index contributed by atoms with van der Waals surface area (Å²) in [4.78, 5) is 12.0. The molecule has 1 aromatic rings. The highest BCUT2D eigenvalue weighted by atomic mass is 32.2. The highest BCUT2D eigenvalue weighted by molar-refractivity contribution is 7.89. The van der Waals surface area contributed by atoms with Crippen molar-refractivity contribution >= 4 is 24.1 Å². The Morgan fingerprint density at radius 2 is 1.75 bits per heavy atom. The molecular weight excluding hydrogens is 342 g/mol. The van der Waals surface area contributed by atoms with E-state index >= 15 is 0 Å². The molecule has 5 nitrogen and oxygen atoms in total. The van der Waals surface area contributed by atoms with Crippen molar-refractivity contribution in [1.29, 1.82) is 0 Å². The number of nitrogens with zero attached hydrogens (tertiary/aromatic N) is 1. The maximum atomic E-state index is 12.8. The van der Waals surface area contributed by atoms with Gasteiger partial charge in [-0.1, -0.05) is 44.3 Å². The lowest BCUT2D eigenvalue weighted by atomic mass is 10.1. The van der Waals surface area contributed by atoms with E-state index < -0.39 is 24.1 Å². The minimum Gasteiger partial charge on any atom is -0.478 e. The Hall–Kier alpha value is -1.44. The number of aryl methyl sites for hydroxylation is 1. The largest absolute Gasteiger partial charge is 0.478 e. The first-order chi connectivity index (χ1) is 10.9. The fourth-order valence-electron chi connectivity index (χ4n) is 3.13. The van der Waals surface area contributed by atoms with Crippen LogP contribution in [0, 0.1) is 12.8 Å². The fourth-order valence-corrected chi connectivity index (χ4v) is 6.57. The smallest absolute Gasteiger partial charge is 0.327 e. The van der Waals surface area contributed by atoms with Crippen LogP contribution in [0.1, 0.15) is 12.5 Å². The molecule has 1 atom stereocenters. The maximum Gasteiger partial charge on any atom is 0.327 e. The molecule has 0 spiro atoms. The normalized spacial score (nSPS) is 21.8. The van der Waals surface area contributed by atoms with Crippen molar-refractivity contribution in [1.82, 2.24) is 4.31 Å². The Bertz CT molecular complexity index is 776. The van der Waals surface area contributed by atoms with Crippen LogP contribution in [0.3, 0.4) is 0 Å². The molecule has 1 aliphatic rings. The molecule has 7 heteroatoms. The minimum atomic E-state index is -3.60. The predicted octanol–water partition coefficient (Wildman–Crippen LogP) is 2.89. The Morgan fingerprint density at radius 1 is 1.21 bits per heavy atom. The molecular formula is C17H25NO4SSi. The van der Waals surface area contributed by atoms with Gasteiger partial charge in [0, 0.05) is 18.3 Å². The van der Waals surface area contributed by atoms with Crippen molar-refractivity contribution in [2.75, 3.05) is 13.1 Å². The number of rotatable bonds is 4. The van der Waals surface area contributed by atoms with Gasteiger partial charge in [-0.2, -0.15) is 4.31 Å². The number of hydrogen-bond donors (Lipinski definition) is 1. The van der Waals surface area contributed by atoms with E-state index in [1.165, 1.54) is 4.31 Å². The predicted molar refractivity (Wildman–Crippen MR) is 97.1 cm³/mol. The quantitative estimate of drug-likeness (QED) is 0.656. The second-order valence-corrected chi connectivity index (χ2v) is 14.4. The third-order valence-electron chi connectivity index (χ3n) is 4.36. The summed E-state index contributed by atoms with van der Waals surface area (Å²) < 4.78 is 27.1. The van der Waals surface area contributed by atoms with Crippen molar-refractivity contribution in [3.8, 4) is 0 Å². The van der Waals surface area contributed by atoms with Crippen LogP contribution in [0.4, 0.5) is 0 Å². The third kappa shape index (κ3) is 3.63. The Kier molecular flexibility index (Phi) is 5.08. The molecule has 0 aliphatic carbocycles. The summed E-state index contributed by atoms with van der Waals surface area (Å²) >= 11 is 0. The summed E-state index contributed by atoms with van der Waals surface area (Å²) in [5.41, 5.74) is 1.76. The summed E-state index contributed by atoms with van der Waals surface area (Å²) in [6.07, 6.45) is 0. The van der Waals surface area contributed by atoms with E-state index in [-0.39, 0.29) is 17.4 Å². The zero-order valence-corrected chi connectivity index (χ0v) is 16.6. The number of sulfonamides is 1. The number of benzene rings is 1. The highest BCUT2D eigenvalue weighted by Crippen LogP contribution is 2.33. The number of aliphatic carboxylic acids is 1. The monoisotopic (exact) mass is 367 g/mol. The van der Waals surface area contributed by atoms with Gasteiger partial charge in [0.15, 0.2) is 0 Å². The second-order valence-electron chi connectivity index (χ2n) is 7.47. The van der Waals surface area contributed by atoms with Crippen LogP contribution in [-0.2, 0) is 14.8 Å². The summed E-state index contributed by atoms with van der Waals surface area (Å²) in [7, 11) is -5.68. The fraction of sp³-hybridized carbons (Fsp3) is 0.471. The third-order valence-corrected chi connectivity index (χ3v) is 8.22. The molecule has 1 aromatic carbocycles. The van der Waals surface area contributed by atoms with Gasteiger partial charge < -0.3 is 5.11 Å². The zero-order valence-electron chi connectivity index (χ0n) is 14.8. The molecule has 1 saturated heterocycles. The molecule has 24 heavy (non-hydrogen) atoms. The van der Waals surface area contributed by atoms with E-state index in [9.17, 15) is 18.3 Å². The van der Waals surface area contributed by atoms with Crippen LogP contribution >= 0.6 is 0 Å². The van der Waals surface area contributed by atoms with Gasteiger partial charge in [-0.15, -0.1) is 0 Å². The van der Waals surface area contributed by atoms with Crippen LogP contribution < -0.4 is 0 Å². The second kappa shape index (κ2) is 6.46. The van der Waals surface area contributed by atoms with E-state index in [0.717, 1.165) is 11.1 Å². The standard InChI is InChI=1S/C17H25NO4SSi/c1-12-6-8-14(9-7-12)23(21,22)18-10-13(2)15(11-18)16(17(19)20)24(3,4)5/h6-9,13H,10-11H2,1-5H3,(H,19,20)/b16-15+/t13-/m1/s1. The van der Waals surface area contributed by atoms with Crippen LogP contribution in [0.2, 0.25) is 19.6 Å². The molecule has 0 bridgehead atoms. The van der Waals surface area contributed by atoms with E-state index in [0.29, 0.717) is 11.7 Å². The molecule has 1 aliphatic heterocycles. The van der Waals surface area contributed by atoms with E-state index in [1.807, 2.05) is 33.5 Å². The van der Waals surface area contributed by atoms with Gasteiger partial charge >= 0.3 is 5.97 Å². The summed E-state index contributed by atoms with van der Waals surface area (Å²) in [5.74, 6) is -0.992. The zero-order chi connectivity index (χ0) is 18.3. The van der Waals surface area contributed by atoms with Crippen molar-refractivity contribution in [3.05, 3.63) is 40.6 Å². The lowest BCUT2D eigenvalue weighted by molar-refractivity contribution is -0.132. The molecule has 2 rings (SSSR count). The first-order valence-corrected chi connectivity index (χ1v) is 12.9. The van der Waals surface area contributed by atoms with Gasteiger partial charge in [0.1, 0.15) is 0 Å². The van der Waals surface area contributed by atoms with Crippen LogP contribution in [0.5, 0.6) is 0 Å². The van der Waals surface area contributed by atoms with Gasteiger partial charge in [-0.3, -0.25) is 0 Å². The average molecular weight is 368 g/mol. The van der Waals surface area contributed by atoms with E-state index in [1.54, 1.807) is 24.3 Å². The molecule has 0 radical (unpaired) electrons. The Balaban J connectivity index is 2.43. The molecule has 0 unspecified atom stereocenters. The van der Waals surface area contributed by atoms with Crippen molar-refractivity contribution < 1.29 is 18.3 Å². The van der Waals surface area contributed by atoms with Crippen LogP contribution in [0.15, 0.2) is 39.9 Å². The number of carbonyl (C=O) groups is 1. The lowest BCUT2D eigenvalue weighted by Gasteiger charge is -2.21. The SMILES string of the molecule is Cc1ccc(S(=O)(=O)N2C/C(=C(/C(=O)O)[Si](C)(C)C)[C@H](C)C2)cc1. The first-order valence-electron chi connectivity index (χ1n) is 7.98. The molecule has 1 heterocycles. The summed E-state index contributed by atoms with van der Waals surface area (Å²) in [6.45, 7) is 10.2. The summed E-state index contributed by atoms with van der Waals surface area (Å²) in [5, 5.41) is 10.1. The average Bonchev–Trinajstić information content (AvgIpc) is 2.80. The molecule has 132 valence electrons. The molecule has 0 saturated carbocycles. The van der Waals surface area contributed by atoms with Crippen molar-refractivity contribution in [2.45, 2.75) is 38.4 Å². The number of carboxylic acids is 1. The van der Waals surface area contributed by atoms with Crippen LogP contribution in [0.25, 0.3) is 0 Å². The Labute approximate surface area is 145 Å². The highest BCUT2D eigenvalue weighted by Gasteiger charge is 2.39. The molecule has 0 amide bonds. The van der Waals surface area contributed by atoms with Crippen molar-refractivity contribution in [2.24, 2.45) is 5.92 Å². The van der Waals surface area contributed by atoms with Crippen LogP contribution in [-0.4, -0.2) is 45.0 Å². The van der Waals surface area contributed by atoms with Gasteiger partial charge in [0.25, 0.3) is 0 Å². The summed E-state index contributed by atoms with van der Waals surface area (Å²) in [6, 6.07) is 6.75. The van der Waals surface area contributed by atoms with E-state index in [4.69, 9.17) is 0 Å². The van der Waals surface area contributed by atoms with Gasteiger partial charge in [0.2, 0.25) is 10.0 Å². The Morgan fingerprint density at radius 3 is 2.21 bits per heavy atom. The van der Waals surface area contributed by atoms with Crippen molar-refractivity contribution in [3.63, 3.8) is 0 Å². The minimum absolute atomic E-state index is 0.0805. The van der Waals surface area contributed by atoms with Gasteiger partial charge in [0.05, 0.1) is 13.0 Å². The topological polar surface area (TPSA) is 74.7 Å². The maximum absolute atomic E-state index is 12.8. The number of carboxylic acid groups (broad SMARTS) is 1. The first kappa shape index (κ1) is 18.9. The van der Waals surface area contributed by atoms with E-state index in [2.05, 4.69) is 0 Å². The lowest BCUT2D eigenvalue weighted by Crippen LogP contribution is -2.33.